The average Bonchev–Trinajstić information content (AvgIpc) is 2.42. The van der Waals surface area contributed by atoms with E-state index in [1.165, 1.54) is 5.56 Å². The van der Waals surface area contributed by atoms with Gasteiger partial charge in [-0.2, -0.15) is 5.10 Å². The van der Waals surface area contributed by atoms with Gasteiger partial charge < -0.3 is 0 Å². The Morgan fingerprint density at radius 3 is 2.76 bits per heavy atom. The third-order valence-corrected chi connectivity index (χ3v) is 3.77. The number of carbonyl (C=O) groups is 1. The first-order valence-electron chi connectivity index (χ1n) is 6.68. The lowest BCUT2D eigenvalue weighted by molar-refractivity contribution is -0.120. The van der Waals surface area contributed by atoms with Crippen LogP contribution in [-0.2, 0) is 11.2 Å². The molecule has 0 atom stereocenters. The molecule has 0 radical (unpaired) electrons. The molecule has 0 bridgehead atoms. The van der Waals surface area contributed by atoms with E-state index < -0.39 is 0 Å². The van der Waals surface area contributed by atoms with Crippen molar-refractivity contribution < 1.29 is 4.79 Å². The highest BCUT2D eigenvalue weighted by molar-refractivity contribution is 14.1. The van der Waals surface area contributed by atoms with Crippen LogP contribution >= 0.6 is 22.6 Å². The molecular weight excluding hydrogens is 375 g/mol. The van der Waals surface area contributed by atoms with Crippen LogP contribution in [0.2, 0.25) is 0 Å². The number of nitrogens with one attached hydrogen (secondary N) is 1. The Morgan fingerprint density at radius 1 is 1.24 bits per heavy atom. The summed E-state index contributed by atoms with van der Waals surface area (Å²) in [5, 5.41) is 4.00. The largest absolute Gasteiger partial charge is 0.273 e. The topological polar surface area (TPSA) is 41.5 Å². The average molecular weight is 392 g/mol. The fourth-order valence-electron chi connectivity index (χ4n) is 2.02. The summed E-state index contributed by atoms with van der Waals surface area (Å²) >= 11 is 2.24. The third kappa shape index (κ3) is 4.97. The van der Waals surface area contributed by atoms with Crippen LogP contribution in [0.15, 0.2) is 47.6 Å². The maximum atomic E-state index is 11.9. The van der Waals surface area contributed by atoms with Gasteiger partial charge in [0.15, 0.2) is 0 Å². The summed E-state index contributed by atoms with van der Waals surface area (Å²) in [6.45, 7) is 4.06. The van der Waals surface area contributed by atoms with E-state index in [1.54, 1.807) is 6.21 Å². The number of hydrogen-bond donors (Lipinski definition) is 1. The molecule has 2 rings (SSSR count). The van der Waals surface area contributed by atoms with E-state index in [2.05, 4.69) is 39.2 Å². The second-order valence-electron chi connectivity index (χ2n) is 4.95. The number of hydrogen-bond acceptors (Lipinski definition) is 2. The van der Waals surface area contributed by atoms with E-state index in [4.69, 9.17) is 0 Å². The van der Waals surface area contributed by atoms with Crippen molar-refractivity contribution in [3.8, 4) is 0 Å². The van der Waals surface area contributed by atoms with Crippen molar-refractivity contribution in [2.75, 3.05) is 0 Å². The minimum absolute atomic E-state index is 0.108. The highest BCUT2D eigenvalue weighted by Gasteiger charge is 2.05. The molecule has 2 aromatic carbocycles. The first kappa shape index (κ1) is 15.7. The Balaban J connectivity index is 1.93. The smallest absolute Gasteiger partial charge is 0.244 e. The van der Waals surface area contributed by atoms with Crippen LogP contribution < -0.4 is 5.43 Å². The van der Waals surface area contributed by atoms with Crippen molar-refractivity contribution in [2.45, 2.75) is 20.3 Å². The van der Waals surface area contributed by atoms with Crippen molar-refractivity contribution in [1.29, 1.82) is 0 Å². The van der Waals surface area contributed by atoms with Gasteiger partial charge in [0.2, 0.25) is 5.91 Å². The Labute approximate surface area is 138 Å². The van der Waals surface area contributed by atoms with Gasteiger partial charge in [-0.05, 0) is 65.3 Å². The van der Waals surface area contributed by atoms with Crippen LogP contribution in [0, 0.1) is 17.4 Å². The molecule has 0 aliphatic heterocycles. The molecule has 0 fully saturated rings. The van der Waals surface area contributed by atoms with E-state index in [0.717, 1.165) is 20.3 Å². The fourth-order valence-corrected chi connectivity index (χ4v) is 2.59. The summed E-state index contributed by atoms with van der Waals surface area (Å²) in [4.78, 5) is 11.9. The number of nitrogens with zero attached hydrogens (tertiary/aromatic N) is 1. The van der Waals surface area contributed by atoms with Gasteiger partial charge in [-0.3, -0.25) is 4.79 Å². The van der Waals surface area contributed by atoms with E-state index in [0.29, 0.717) is 6.42 Å². The van der Waals surface area contributed by atoms with Gasteiger partial charge in [0.25, 0.3) is 0 Å². The SMILES string of the molecule is Cc1ccc(CC(=O)N/N=C\c2cccc(I)c2)c(C)c1. The van der Waals surface area contributed by atoms with Crippen LogP contribution in [-0.4, -0.2) is 12.1 Å². The molecule has 0 aliphatic carbocycles. The second kappa shape index (κ2) is 7.36. The fraction of sp³-hybridized carbons (Fsp3) is 0.176. The summed E-state index contributed by atoms with van der Waals surface area (Å²) in [7, 11) is 0. The van der Waals surface area contributed by atoms with E-state index in [9.17, 15) is 4.79 Å². The highest BCUT2D eigenvalue weighted by atomic mass is 127. The lowest BCUT2D eigenvalue weighted by Gasteiger charge is -2.05. The summed E-state index contributed by atoms with van der Waals surface area (Å²) in [6.07, 6.45) is 2.00. The molecule has 3 nitrogen and oxygen atoms in total. The van der Waals surface area contributed by atoms with E-state index in [1.807, 2.05) is 50.2 Å². The lowest BCUT2D eigenvalue weighted by atomic mass is 10.0. The Bertz CT molecular complexity index is 680. The molecule has 0 aromatic heterocycles. The zero-order valence-corrected chi connectivity index (χ0v) is 14.2. The number of hydrazone groups is 1. The molecule has 4 heteroatoms. The standard InChI is InChI=1S/C17H17IN2O/c1-12-6-7-15(13(2)8-12)10-17(21)20-19-11-14-4-3-5-16(18)9-14/h3-9,11H,10H2,1-2H3,(H,20,21)/b19-11-. The first-order chi connectivity index (χ1) is 10.0. The zero-order valence-electron chi connectivity index (χ0n) is 12.1. The Hall–Kier alpha value is -1.69. The monoisotopic (exact) mass is 392 g/mol. The molecule has 0 heterocycles. The number of aryl methyl sites for hydroxylation is 2. The highest BCUT2D eigenvalue weighted by Crippen LogP contribution is 2.11. The van der Waals surface area contributed by atoms with Gasteiger partial charge in [0.1, 0.15) is 0 Å². The molecule has 0 aliphatic rings. The minimum Gasteiger partial charge on any atom is -0.273 e. The second-order valence-corrected chi connectivity index (χ2v) is 6.20. The molecule has 0 unspecified atom stereocenters. The van der Waals surface area contributed by atoms with E-state index in [-0.39, 0.29) is 5.91 Å². The number of amides is 1. The predicted octanol–water partition coefficient (Wildman–Crippen LogP) is 3.60. The maximum Gasteiger partial charge on any atom is 0.244 e. The lowest BCUT2D eigenvalue weighted by Crippen LogP contribution is -2.20. The van der Waals surface area contributed by atoms with Crippen LogP contribution in [0.25, 0.3) is 0 Å². The van der Waals surface area contributed by atoms with Crippen molar-refractivity contribution in [3.05, 3.63) is 68.3 Å². The number of halogens is 1. The Morgan fingerprint density at radius 2 is 2.05 bits per heavy atom. The first-order valence-corrected chi connectivity index (χ1v) is 7.76. The molecule has 1 N–H and O–H groups in total. The summed E-state index contributed by atoms with van der Waals surface area (Å²) in [5.74, 6) is -0.108. The molecule has 0 spiro atoms. The van der Waals surface area contributed by atoms with E-state index >= 15 is 0 Å². The van der Waals surface area contributed by atoms with Crippen LogP contribution in [0.5, 0.6) is 0 Å². The number of rotatable bonds is 4. The summed E-state index contributed by atoms with van der Waals surface area (Å²) in [5.41, 5.74) is 6.90. The molecule has 0 saturated carbocycles. The quantitative estimate of drug-likeness (QED) is 0.482. The van der Waals surface area contributed by atoms with Crippen molar-refractivity contribution in [1.82, 2.24) is 5.43 Å². The van der Waals surface area contributed by atoms with Gasteiger partial charge in [-0.25, -0.2) is 5.43 Å². The normalized spacial score (nSPS) is 10.8. The van der Waals surface area contributed by atoms with Gasteiger partial charge in [-0.1, -0.05) is 35.9 Å². The molecule has 21 heavy (non-hydrogen) atoms. The van der Waals surface area contributed by atoms with Crippen LogP contribution in [0.1, 0.15) is 22.3 Å². The zero-order chi connectivity index (χ0) is 15.2. The van der Waals surface area contributed by atoms with Crippen molar-refractivity contribution in [2.24, 2.45) is 5.10 Å². The van der Waals surface area contributed by atoms with Crippen LogP contribution in [0.4, 0.5) is 0 Å². The third-order valence-electron chi connectivity index (χ3n) is 3.10. The van der Waals surface area contributed by atoms with Gasteiger partial charge in [-0.15, -0.1) is 0 Å². The molecule has 2 aromatic rings. The summed E-state index contributed by atoms with van der Waals surface area (Å²) < 4.78 is 1.14. The predicted molar refractivity (Wildman–Crippen MR) is 94.5 cm³/mol. The van der Waals surface area contributed by atoms with Gasteiger partial charge >= 0.3 is 0 Å². The molecule has 0 saturated heterocycles. The molecule has 108 valence electrons. The molecule has 1 amide bonds. The minimum atomic E-state index is -0.108. The number of carbonyl (C=O) groups excluding carboxylic acids is 1. The van der Waals surface area contributed by atoms with Gasteiger partial charge in [0.05, 0.1) is 12.6 Å². The van der Waals surface area contributed by atoms with Gasteiger partial charge in [0, 0.05) is 3.57 Å². The number of benzene rings is 2. The summed E-state index contributed by atoms with van der Waals surface area (Å²) in [6, 6.07) is 14.0. The molecular formula is C17H17IN2O. The maximum absolute atomic E-state index is 11.9. The van der Waals surface area contributed by atoms with Crippen molar-refractivity contribution >= 4 is 34.7 Å². The van der Waals surface area contributed by atoms with Crippen LogP contribution in [0.3, 0.4) is 0 Å². The Kier molecular flexibility index (Phi) is 5.50. The van der Waals surface area contributed by atoms with Crippen molar-refractivity contribution in [3.63, 3.8) is 0 Å².